The Kier molecular flexibility index (Phi) is 4.04. The van der Waals surface area contributed by atoms with Gasteiger partial charge in [0.15, 0.2) is 11.5 Å². The molecule has 0 saturated carbocycles. The van der Waals surface area contributed by atoms with Crippen LogP contribution in [-0.4, -0.2) is 24.2 Å². The normalized spacial score (nSPS) is 10.2. The van der Waals surface area contributed by atoms with Crippen molar-refractivity contribution in [2.75, 3.05) is 14.2 Å². The van der Waals surface area contributed by atoms with Gasteiger partial charge in [-0.1, -0.05) is 0 Å². The summed E-state index contributed by atoms with van der Waals surface area (Å²) in [5.41, 5.74) is 1.80. The molecule has 0 radical (unpaired) electrons. The predicted octanol–water partition coefficient (Wildman–Crippen LogP) is 2.59. The highest BCUT2D eigenvalue weighted by molar-refractivity contribution is 7.79. The van der Waals surface area contributed by atoms with E-state index >= 15 is 0 Å². The lowest BCUT2D eigenvalue weighted by molar-refractivity contribution is 0.355. The van der Waals surface area contributed by atoms with Crippen LogP contribution in [0.25, 0.3) is 11.3 Å². The highest BCUT2D eigenvalue weighted by atomic mass is 32.1. The number of hydrogen-bond donors (Lipinski definition) is 1. The Hall–Kier alpha value is -1.75. The van der Waals surface area contributed by atoms with Gasteiger partial charge in [-0.15, -0.1) is 0 Å². The molecule has 1 aromatic carbocycles. The zero-order valence-electron chi connectivity index (χ0n) is 10.3. The SMILES string of the molecule is COc1ccc(-c2ccnc(CS)n2)cc1OC. The first-order valence-corrected chi connectivity index (χ1v) is 6.07. The van der Waals surface area contributed by atoms with Crippen LogP contribution in [0, 0.1) is 0 Å². The van der Waals surface area contributed by atoms with Gasteiger partial charge in [-0.25, -0.2) is 9.97 Å². The molecule has 1 heterocycles. The van der Waals surface area contributed by atoms with E-state index in [0.717, 1.165) is 11.3 Å². The van der Waals surface area contributed by atoms with Crippen molar-refractivity contribution in [2.45, 2.75) is 5.75 Å². The van der Waals surface area contributed by atoms with Crippen LogP contribution in [0.4, 0.5) is 0 Å². The Bertz CT molecular complexity index is 546. The van der Waals surface area contributed by atoms with Crippen molar-refractivity contribution in [1.29, 1.82) is 0 Å². The summed E-state index contributed by atoms with van der Waals surface area (Å²) in [7, 11) is 3.22. The number of thiol groups is 1. The fourth-order valence-corrected chi connectivity index (χ4v) is 1.78. The van der Waals surface area contributed by atoms with Gasteiger partial charge in [-0.3, -0.25) is 0 Å². The minimum atomic E-state index is 0.515. The molecule has 0 aliphatic rings. The van der Waals surface area contributed by atoms with Crippen LogP contribution in [0.15, 0.2) is 30.5 Å². The summed E-state index contributed by atoms with van der Waals surface area (Å²) in [5.74, 6) is 2.59. The summed E-state index contributed by atoms with van der Waals surface area (Å²) < 4.78 is 10.5. The number of hydrogen-bond acceptors (Lipinski definition) is 5. The molecule has 18 heavy (non-hydrogen) atoms. The van der Waals surface area contributed by atoms with Gasteiger partial charge in [0.25, 0.3) is 0 Å². The molecule has 2 aromatic rings. The smallest absolute Gasteiger partial charge is 0.161 e. The third-order valence-electron chi connectivity index (χ3n) is 2.53. The van der Waals surface area contributed by atoms with E-state index in [0.29, 0.717) is 23.1 Å². The van der Waals surface area contributed by atoms with Crippen molar-refractivity contribution >= 4 is 12.6 Å². The Morgan fingerprint density at radius 3 is 2.56 bits per heavy atom. The second-order valence-electron chi connectivity index (χ2n) is 3.59. The first-order chi connectivity index (χ1) is 8.78. The standard InChI is InChI=1S/C13H14N2O2S/c1-16-11-4-3-9(7-12(11)17-2)10-5-6-14-13(8-18)15-10/h3-7,18H,8H2,1-2H3. The van der Waals surface area contributed by atoms with E-state index in [1.54, 1.807) is 20.4 Å². The van der Waals surface area contributed by atoms with Crippen LogP contribution < -0.4 is 9.47 Å². The van der Waals surface area contributed by atoms with Crippen LogP contribution >= 0.6 is 12.6 Å². The Morgan fingerprint density at radius 1 is 1.11 bits per heavy atom. The van der Waals surface area contributed by atoms with E-state index in [-0.39, 0.29) is 0 Å². The van der Waals surface area contributed by atoms with Gasteiger partial charge in [-0.2, -0.15) is 12.6 Å². The summed E-state index contributed by atoms with van der Waals surface area (Å²) in [6, 6.07) is 7.54. The van der Waals surface area contributed by atoms with Gasteiger partial charge >= 0.3 is 0 Å². The predicted molar refractivity (Wildman–Crippen MR) is 73.3 cm³/mol. The molecule has 0 atom stereocenters. The average molecular weight is 262 g/mol. The zero-order valence-corrected chi connectivity index (χ0v) is 11.1. The van der Waals surface area contributed by atoms with Crippen molar-refractivity contribution in [3.8, 4) is 22.8 Å². The van der Waals surface area contributed by atoms with Gasteiger partial charge in [0.2, 0.25) is 0 Å². The summed E-state index contributed by atoms with van der Waals surface area (Å²) in [5, 5.41) is 0. The Morgan fingerprint density at radius 2 is 1.89 bits per heavy atom. The van der Waals surface area contributed by atoms with E-state index < -0.39 is 0 Å². The van der Waals surface area contributed by atoms with Gasteiger partial charge in [0.05, 0.1) is 25.7 Å². The number of methoxy groups -OCH3 is 2. The molecule has 2 rings (SSSR count). The van der Waals surface area contributed by atoms with Crippen LogP contribution in [0.1, 0.15) is 5.82 Å². The summed E-state index contributed by atoms with van der Waals surface area (Å²) >= 11 is 4.17. The highest BCUT2D eigenvalue weighted by Gasteiger charge is 2.07. The van der Waals surface area contributed by atoms with E-state index in [2.05, 4.69) is 22.6 Å². The monoisotopic (exact) mass is 262 g/mol. The largest absolute Gasteiger partial charge is 0.493 e. The highest BCUT2D eigenvalue weighted by Crippen LogP contribution is 2.31. The summed E-state index contributed by atoms with van der Waals surface area (Å²) in [4.78, 5) is 8.52. The Labute approximate surface area is 111 Å². The lowest BCUT2D eigenvalue weighted by atomic mass is 10.1. The van der Waals surface area contributed by atoms with Crippen molar-refractivity contribution < 1.29 is 9.47 Å². The lowest BCUT2D eigenvalue weighted by Gasteiger charge is -2.09. The summed E-state index contributed by atoms with van der Waals surface area (Å²) in [6.45, 7) is 0. The van der Waals surface area contributed by atoms with Crippen LogP contribution in [0.2, 0.25) is 0 Å². The molecule has 5 heteroatoms. The van der Waals surface area contributed by atoms with Gasteiger partial charge in [-0.05, 0) is 24.3 Å². The molecule has 0 saturated heterocycles. The molecule has 0 fully saturated rings. The second-order valence-corrected chi connectivity index (χ2v) is 3.90. The molecular formula is C13H14N2O2S. The van der Waals surface area contributed by atoms with Crippen molar-refractivity contribution in [3.05, 3.63) is 36.3 Å². The minimum absolute atomic E-state index is 0.515. The molecule has 0 aliphatic heterocycles. The molecule has 4 nitrogen and oxygen atoms in total. The number of benzene rings is 1. The van der Waals surface area contributed by atoms with Gasteiger partial charge in [0, 0.05) is 11.8 Å². The maximum absolute atomic E-state index is 5.27. The first-order valence-electron chi connectivity index (χ1n) is 5.43. The fourth-order valence-electron chi connectivity index (χ4n) is 1.63. The van der Waals surface area contributed by atoms with Crippen molar-refractivity contribution in [2.24, 2.45) is 0 Å². The molecule has 0 amide bonds. The number of ether oxygens (including phenoxy) is 2. The van der Waals surface area contributed by atoms with Crippen molar-refractivity contribution in [1.82, 2.24) is 9.97 Å². The molecule has 0 unspecified atom stereocenters. The third kappa shape index (κ3) is 2.56. The number of nitrogens with zero attached hydrogens (tertiary/aromatic N) is 2. The van der Waals surface area contributed by atoms with Crippen molar-refractivity contribution in [3.63, 3.8) is 0 Å². The van der Waals surface area contributed by atoms with Crippen LogP contribution in [-0.2, 0) is 5.75 Å². The topological polar surface area (TPSA) is 44.2 Å². The molecule has 0 spiro atoms. The Balaban J connectivity index is 2.43. The minimum Gasteiger partial charge on any atom is -0.493 e. The van der Waals surface area contributed by atoms with E-state index in [1.807, 2.05) is 24.3 Å². The number of rotatable bonds is 4. The maximum Gasteiger partial charge on any atom is 0.161 e. The van der Waals surface area contributed by atoms with Gasteiger partial charge in [0.1, 0.15) is 5.82 Å². The average Bonchev–Trinajstić information content (AvgIpc) is 2.46. The van der Waals surface area contributed by atoms with Crippen LogP contribution in [0.3, 0.4) is 0 Å². The van der Waals surface area contributed by atoms with E-state index in [9.17, 15) is 0 Å². The van der Waals surface area contributed by atoms with E-state index in [1.165, 1.54) is 0 Å². The third-order valence-corrected chi connectivity index (χ3v) is 2.81. The quantitative estimate of drug-likeness (QED) is 0.860. The first kappa shape index (κ1) is 12.7. The van der Waals surface area contributed by atoms with Gasteiger partial charge < -0.3 is 9.47 Å². The van der Waals surface area contributed by atoms with Crippen LogP contribution in [0.5, 0.6) is 11.5 Å². The second kappa shape index (κ2) is 5.73. The zero-order chi connectivity index (χ0) is 13.0. The van der Waals surface area contributed by atoms with E-state index in [4.69, 9.17) is 9.47 Å². The molecular weight excluding hydrogens is 248 g/mol. The summed E-state index contributed by atoms with van der Waals surface area (Å²) in [6.07, 6.45) is 1.73. The molecule has 0 aliphatic carbocycles. The maximum atomic E-state index is 5.27. The lowest BCUT2D eigenvalue weighted by Crippen LogP contribution is -1.94. The molecule has 1 aromatic heterocycles. The molecule has 94 valence electrons. The molecule has 0 N–H and O–H groups in total. The number of aromatic nitrogens is 2. The fraction of sp³-hybridized carbons (Fsp3) is 0.231. The molecule has 0 bridgehead atoms.